The number of ether oxygens (including phenoxy) is 1. The number of aliphatic hydroxyl groups is 1. The number of aliphatic hydroxyl groups excluding tert-OH is 1. The lowest BCUT2D eigenvalue weighted by atomic mass is 10.3. The molecule has 0 radical (unpaired) electrons. The summed E-state index contributed by atoms with van der Waals surface area (Å²) in [5.41, 5.74) is 0. The fourth-order valence-corrected chi connectivity index (χ4v) is 1.09. The highest BCUT2D eigenvalue weighted by molar-refractivity contribution is 5.85. The van der Waals surface area contributed by atoms with E-state index in [0.29, 0.717) is 10.9 Å². The molecule has 14 heavy (non-hydrogen) atoms. The lowest BCUT2D eigenvalue weighted by molar-refractivity contribution is -0.916. The SMILES string of the molecule is C/C=C(\O)C(=O)O[C@@H](CC)[N+](C)(C)C. The van der Waals surface area contributed by atoms with Crippen LogP contribution in [0.4, 0.5) is 0 Å². The van der Waals surface area contributed by atoms with Gasteiger partial charge in [0.25, 0.3) is 0 Å². The first-order chi connectivity index (χ1) is 6.32. The molecule has 0 rings (SSSR count). The van der Waals surface area contributed by atoms with Crippen molar-refractivity contribution in [3.63, 3.8) is 0 Å². The van der Waals surface area contributed by atoms with Crippen LogP contribution in [0.2, 0.25) is 0 Å². The third-order valence-corrected chi connectivity index (χ3v) is 1.94. The van der Waals surface area contributed by atoms with Gasteiger partial charge in [0.05, 0.1) is 21.1 Å². The molecule has 0 saturated heterocycles. The van der Waals surface area contributed by atoms with Crippen molar-refractivity contribution in [1.29, 1.82) is 0 Å². The molecular weight excluding hydrogens is 182 g/mol. The molecule has 4 heteroatoms. The molecule has 82 valence electrons. The fourth-order valence-electron chi connectivity index (χ4n) is 1.09. The van der Waals surface area contributed by atoms with Crippen LogP contribution in [0.15, 0.2) is 11.8 Å². The number of rotatable bonds is 4. The maximum Gasteiger partial charge on any atom is 0.377 e. The van der Waals surface area contributed by atoms with Gasteiger partial charge in [-0.2, -0.15) is 0 Å². The van der Waals surface area contributed by atoms with E-state index in [1.54, 1.807) is 6.92 Å². The van der Waals surface area contributed by atoms with E-state index in [-0.39, 0.29) is 12.0 Å². The Kier molecular flexibility index (Phi) is 4.63. The second-order valence-corrected chi connectivity index (χ2v) is 4.06. The van der Waals surface area contributed by atoms with Crippen LogP contribution < -0.4 is 0 Å². The van der Waals surface area contributed by atoms with Gasteiger partial charge in [-0.05, 0) is 13.0 Å². The summed E-state index contributed by atoms with van der Waals surface area (Å²) < 4.78 is 5.66. The van der Waals surface area contributed by atoms with Gasteiger partial charge in [-0.3, -0.25) is 4.48 Å². The lowest BCUT2D eigenvalue weighted by Gasteiger charge is -2.32. The maximum atomic E-state index is 11.2. The molecule has 0 fully saturated rings. The molecule has 0 aliphatic carbocycles. The van der Waals surface area contributed by atoms with Gasteiger partial charge in [0, 0.05) is 6.42 Å². The van der Waals surface area contributed by atoms with Crippen molar-refractivity contribution < 1.29 is 19.1 Å². The van der Waals surface area contributed by atoms with Crippen LogP contribution >= 0.6 is 0 Å². The quantitative estimate of drug-likeness (QED) is 0.247. The number of allylic oxidation sites excluding steroid dienone is 1. The van der Waals surface area contributed by atoms with E-state index in [4.69, 9.17) is 9.84 Å². The minimum absolute atomic E-state index is 0.232. The van der Waals surface area contributed by atoms with Gasteiger partial charge < -0.3 is 9.84 Å². The maximum absolute atomic E-state index is 11.2. The zero-order chi connectivity index (χ0) is 11.4. The molecule has 0 aromatic carbocycles. The third kappa shape index (κ3) is 3.79. The Bertz CT molecular complexity index is 228. The van der Waals surface area contributed by atoms with Crippen molar-refractivity contribution in [1.82, 2.24) is 0 Å². The normalized spacial score (nSPS) is 15.1. The minimum Gasteiger partial charge on any atom is -0.502 e. The average Bonchev–Trinajstić information content (AvgIpc) is 2.10. The van der Waals surface area contributed by atoms with E-state index in [2.05, 4.69) is 0 Å². The summed E-state index contributed by atoms with van der Waals surface area (Å²) in [7, 11) is 5.82. The average molecular weight is 202 g/mol. The standard InChI is InChI=1S/C10H19NO3/c1-6-8(12)10(13)14-9(7-2)11(3,4)5/h6,9H,7H2,1-5H3/p+1/b8-6-/t9-/m0/s1. The van der Waals surface area contributed by atoms with E-state index < -0.39 is 5.97 Å². The van der Waals surface area contributed by atoms with E-state index in [9.17, 15) is 4.79 Å². The summed E-state index contributed by atoms with van der Waals surface area (Å²) in [5.74, 6) is -0.996. The number of esters is 1. The number of hydrogen-bond donors (Lipinski definition) is 1. The van der Waals surface area contributed by atoms with Gasteiger partial charge in [0.2, 0.25) is 6.23 Å². The number of carbonyl (C=O) groups excluding carboxylic acids is 1. The highest BCUT2D eigenvalue weighted by atomic mass is 16.6. The Labute approximate surface area is 85.4 Å². The summed E-state index contributed by atoms with van der Waals surface area (Å²) >= 11 is 0. The van der Waals surface area contributed by atoms with Crippen LogP contribution in [0.1, 0.15) is 20.3 Å². The second kappa shape index (κ2) is 5.00. The van der Waals surface area contributed by atoms with Crippen LogP contribution in [0.25, 0.3) is 0 Å². The van der Waals surface area contributed by atoms with Crippen LogP contribution in [0, 0.1) is 0 Å². The molecule has 0 unspecified atom stereocenters. The molecule has 0 aromatic heterocycles. The summed E-state index contributed by atoms with van der Waals surface area (Å²) in [6, 6.07) is 0. The minimum atomic E-state index is -0.660. The zero-order valence-electron chi connectivity index (χ0n) is 9.57. The molecule has 0 aliphatic heterocycles. The molecule has 0 aromatic rings. The van der Waals surface area contributed by atoms with Gasteiger partial charge in [0.15, 0.2) is 5.76 Å². The van der Waals surface area contributed by atoms with Crippen molar-refractivity contribution in [2.24, 2.45) is 0 Å². The van der Waals surface area contributed by atoms with Crippen LogP contribution in [-0.4, -0.2) is 42.9 Å². The van der Waals surface area contributed by atoms with Gasteiger partial charge in [-0.25, -0.2) is 4.79 Å². The Balaban J connectivity index is 4.42. The highest BCUT2D eigenvalue weighted by Crippen LogP contribution is 2.10. The molecule has 0 bridgehead atoms. The van der Waals surface area contributed by atoms with Crippen molar-refractivity contribution in [2.75, 3.05) is 21.1 Å². The first-order valence-corrected chi connectivity index (χ1v) is 4.70. The van der Waals surface area contributed by atoms with Gasteiger partial charge in [-0.1, -0.05) is 6.92 Å². The van der Waals surface area contributed by atoms with Gasteiger partial charge >= 0.3 is 5.97 Å². The summed E-state index contributed by atoms with van der Waals surface area (Å²) in [5, 5.41) is 9.12. The lowest BCUT2D eigenvalue weighted by Crippen LogP contribution is -2.47. The van der Waals surface area contributed by atoms with Crippen LogP contribution in [0.3, 0.4) is 0 Å². The zero-order valence-corrected chi connectivity index (χ0v) is 9.57. The molecule has 0 heterocycles. The largest absolute Gasteiger partial charge is 0.502 e. The van der Waals surface area contributed by atoms with Crippen LogP contribution in [0.5, 0.6) is 0 Å². The summed E-state index contributed by atoms with van der Waals surface area (Å²) in [6.45, 7) is 3.53. The van der Waals surface area contributed by atoms with Gasteiger partial charge in [0.1, 0.15) is 0 Å². The Morgan fingerprint density at radius 2 is 2.00 bits per heavy atom. The highest BCUT2D eigenvalue weighted by Gasteiger charge is 2.26. The van der Waals surface area contributed by atoms with Gasteiger partial charge in [-0.15, -0.1) is 0 Å². The van der Waals surface area contributed by atoms with Crippen molar-refractivity contribution >= 4 is 5.97 Å². The molecule has 1 N–H and O–H groups in total. The molecule has 0 spiro atoms. The number of quaternary nitrogens is 1. The van der Waals surface area contributed by atoms with Crippen molar-refractivity contribution in [3.8, 4) is 0 Å². The van der Waals surface area contributed by atoms with E-state index >= 15 is 0 Å². The van der Waals surface area contributed by atoms with E-state index in [1.165, 1.54) is 6.08 Å². The first-order valence-electron chi connectivity index (χ1n) is 4.70. The molecule has 0 amide bonds. The predicted octanol–water partition coefficient (Wildman–Crippen LogP) is 1.43. The number of hydrogen-bond acceptors (Lipinski definition) is 3. The fraction of sp³-hybridized carbons (Fsp3) is 0.700. The Morgan fingerprint density at radius 1 is 1.50 bits per heavy atom. The second-order valence-electron chi connectivity index (χ2n) is 4.06. The van der Waals surface area contributed by atoms with E-state index in [1.807, 2.05) is 28.1 Å². The summed E-state index contributed by atoms with van der Waals surface area (Å²) in [6.07, 6.45) is 1.81. The predicted molar refractivity (Wildman–Crippen MR) is 54.6 cm³/mol. The molecular formula is C10H20NO3+. The smallest absolute Gasteiger partial charge is 0.377 e. The molecule has 0 aliphatic rings. The molecule has 0 saturated carbocycles. The first kappa shape index (κ1) is 13.0. The third-order valence-electron chi connectivity index (χ3n) is 1.94. The topological polar surface area (TPSA) is 46.5 Å². The van der Waals surface area contributed by atoms with E-state index in [0.717, 1.165) is 0 Å². The summed E-state index contributed by atoms with van der Waals surface area (Å²) in [4.78, 5) is 11.2. The Morgan fingerprint density at radius 3 is 2.29 bits per heavy atom. The van der Waals surface area contributed by atoms with Crippen molar-refractivity contribution in [2.45, 2.75) is 26.5 Å². The molecule has 4 nitrogen and oxygen atoms in total. The number of carbonyl (C=O) groups is 1. The van der Waals surface area contributed by atoms with Crippen LogP contribution in [-0.2, 0) is 9.53 Å². The Hall–Kier alpha value is -1.03. The molecule has 1 atom stereocenters. The number of nitrogens with zero attached hydrogens (tertiary/aromatic N) is 1. The van der Waals surface area contributed by atoms with Crippen molar-refractivity contribution in [3.05, 3.63) is 11.8 Å². The monoisotopic (exact) mass is 202 g/mol.